The summed E-state index contributed by atoms with van der Waals surface area (Å²) in [6.45, 7) is 1.42. The molecule has 24 heavy (non-hydrogen) atoms. The molecule has 0 atom stereocenters. The van der Waals surface area contributed by atoms with E-state index in [9.17, 15) is 4.79 Å². The minimum Gasteiger partial charge on any atom is -0.325 e. The molecule has 3 aromatic rings. The van der Waals surface area contributed by atoms with Crippen LogP contribution in [0.4, 0.5) is 5.69 Å². The monoisotopic (exact) mass is 358 g/mol. The first-order chi connectivity index (χ1) is 11.7. The van der Waals surface area contributed by atoms with Crippen LogP contribution in [-0.4, -0.2) is 34.4 Å². The molecule has 124 valence electrons. The maximum absolute atomic E-state index is 12.0. The molecule has 0 fully saturated rings. The Labute approximate surface area is 149 Å². The van der Waals surface area contributed by atoms with Crippen molar-refractivity contribution < 1.29 is 4.79 Å². The molecule has 3 rings (SSSR count). The zero-order valence-electron chi connectivity index (χ0n) is 13.3. The van der Waals surface area contributed by atoms with E-state index in [1.165, 1.54) is 4.88 Å². The van der Waals surface area contributed by atoms with Crippen molar-refractivity contribution in [1.82, 2.24) is 14.9 Å². The molecule has 0 spiro atoms. The lowest BCUT2D eigenvalue weighted by Gasteiger charge is -2.14. The first-order valence-electron chi connectivity index (χ1n) is 7.57. The first kappa shape index (κ1) is 16.8. The van der Waals surface area contributed by atoms with E-state index in [1.807, 2.05) is 19.2 Å². The highest BCUT2D eigenvalue weighted by molar-refractivity contribution is 7.20. The van der Waals surface area contributed by atoms with Gasteiger partial charge in [0.2, 0.25) is 5.91 Å². The van der Waals surface area contributed by atoms with Crippen molar-refractivity contribution in [1.29, 1.82) is 0 Å². The molecule has 0 aliphatic carbocycles. The van der Waals surface area contributed by atoms with E-state index < -0.39 is 0 Å². The van der Waals surface area contributed by atoms with Gasteiger partial charge in [-0.1, -0.05) is 6.07 Å². The second-order valence-electron chi connectivity index (χ2n) is 5.40. The lowest BCUT2D eigenvalue weighted by molar-refractivity contribution is -0.116. The third-order valence-corrected chi connectivity index (χ3v) is 5.31. The van der Waals surface area contributed by atoms with Gasteiger partial charge in [-0.3, -0.25) is 9.78 Å². The van der Waals surface area contributed by atoms with Gasteiger partial charge in [-0.05, 0) is 30.6 Å². The van der Waals surface area contributed by atoms with Gasteiger partial charge < -0.3 is 10.2 Å². The van der Waals surface area contributed by atoms with Gasteiger partial charge in [-0.15, -0.1) is 22.7 Å². The number of carbonyl (C=O) groups excluding carboxylic acids is 1. The van der Waals surface area contributed by atoms with Crippen LogP contribution in [0.1, 0.15) is 12.1 Å². The molecule has 7 heteroatoms. The highest BCUT2D eigenvalue weighted by Gasteiger charge is 2.09. The maximum Gasteiger partial charge on any atom is 0.225 e. The fourth-order valence-electron chi connectivity index (χ4n) is 2.20. The summed E-state index contributed by atoms with van der Waals surface area (Å²) in [7, 11) is 2.00. The summed E-state index contributed by atoms with van der Waals surface area (Å²) >= 11 is 3.36. The molecule has 0 bridgehead atoms. The molecule has 3 aromatic heterocycles. The summed E-state index contributed by atoms with van der Waals surface area (Å²) < 4.78 is 0. The van der Waals surface area contributed by atoms with Crippen molar-refractivity contribution in [2.45, 2.75) is 13.0 Å². The van der Waals surface area contributed by atoms with E-state index in [0.717, 1.165) is 22.9 Å². The Hall–Kier alpha value is -2.09. The number of nitrogens with zero attached hydrogens (tertiary/aromatic N) is 3. The van der Waals surface area contributed by atoms with Crippen LogP contribution in [0.25, 0.3) is 9.88 Å². The van der Waals surface area contributed by atoms with Crippen LogP contribution in [0.5, 0.6) is 0 Å². The third kappa shape index (κ3) is 4.70. The number of rotatable bonds is 7. The minimum absolute atomic E-state index is 0.00703. The minimum atomic E-state index is -0.00703. The fraction of sp³-hybridized carbons (Fsp3) is 0.235. The van der Waals surface area contributed by atoms with Crippen LogP contribution in [0.15, 0.2) is 47.4 Å². The zero-order chi connectivity index (χ0) is 16.8. The number of hydrogen-bond acceptors (Lipinski definition) is 6. The van der Waals surface area contributed by atoms with Gasteiger partial charge in [0.05, 0.1) is 22.5 Å². The van der Waals surface area contributed by atoms with Crippen LogP contribution < -0.4 is 5.32 Å². The number of amides is 1. The van der Waals surface area contributed by atoms with Crippen LogP contribution in [0.2, 0.25) is 0 Å². The summed E-state index contributed by atoms with van der Waals surface area (Å²) in [6.07, 6.45) is 3.76. The summed E-state index contributed by atoms with van der Waals surface area (Å²) in [5.41, 5.74) is 1.77. The first-order valence-corrected chi connectivity index (χ1v) is 9.33. The van der Waals surface area contributed by atoms with Crippen LogP contribution in [-0.2, 0) is 11.3 Å². The fourth-order valence-corrected chi connectivity index (χ4v) is 3.83. The summed E-state index contributed by atoms with van der Waals surface area (Å²) in [5.74, 6) is -0.00703. The SMILES string of the molecule is CN(CCC(=O)Nc1cccnc1)Cc1csc(-c2cccs2)n1. The van der Waals surface area contributed by atoms with Crippen molar-refractivity contribution in [3.63, 3.8) is 0 Å². The van der Waals surface area contributed by atoms with Crippen molar-refractivity contribution in [3.8, 4) is 9.88 Å². The second kappa shape index (κ2) is 8.14. The Bertz CT molecular complexity index is 771. The summed E-state index contributed by atoms with van der Waals surface area (Å²) in [4.78, 5) is 23.9. The average molecular weight is 358 g/mol. The van der Waals surface area contributed by atoms with Crippen molar-refractivity contribution in [2.75, 3.05) is 18.9 Å². The van der Waals surface area contributed by atoms with Gasteiger partial charge in [0.15, 0.2) is 0 Å². The van der Waals surface area contributed by atoms with Gasteiger partial charge >= 0.3 is 0 Å². The Morgan fingerprint density at radius 2 is 2.21 bits per heavy atom. The molecule has 0 radical (unpaired) electrons. The number of pyridine rings is 1. The molecule has 0 aliphatic rings. The standard InChI is InChI=1S/C17H18N4OS2/c1-21(8-6-16(22)19-13-4-2-7-18-10-13)11-14-12-24-17(20-14)15-5-3-9-23-15/h2-5,7,9-10,12H,6,8,11H2,1H3,(H,19,22). The van der Waals surface area contributed by atoms with Crippen LogP contribution in [0.3, 0.4) is 0 Å². The molecule has 0 saturated heterocycles. The number of anilines is 1. The zero-order valence-corrected chi connectivity index (χ0v) is 14.9. The number of carbonyl (C=O) groups is 1. The highest BCUT2D eigenvalue weighted by atomic mass is 32.1. The molecule has 1 amide bonds. The topological polar surface area (TPSA) is 58.1 Å². The lowest BCUT2D eigenvalue weighted by atomic mass is 10.3. The van der Waals surface area contributed by atoms with Gasteiger partial charge in [-0.25, -0.2) is 4.98 Å². The molecule has 5 nitrogen and oxygen atoms in total. The molecule has 0 aliphatic heterocycles. The molecule has 0 saturated carbocycles. The summed E-state index contributed by atoms with van der Waals surface area (Å²) in [5, 5.41) is 8.05. The van der Waals surface area contributed by atoms with Gasteiger partial charge in [0.1, 0.15) is 5.01 Å². The predicted octanol–water partition coefficient (Wildman–Crippen LogP) is 3.73. The van der Waals surface area contributed by atoms with E-state index in [0.29, 0.717) is 13.0 Å². The van der Waals surface area contributed by atoms with Gasteiger partial charge in [0, 0.05) is 31.1 Å². The largest absolute Gasteiger partial charge is 0.325 e. The molecular formula is C17H18N4OS2. The molecular weight excluding hydrogens is 340 g/mol. The Morgan fingerprint density at radius 1 is 1.29 bits per heavy atom. The van der Waals surface area contributed by atoms with E-state index in [2.05, 4.69) is 37.0 Å². The van der Waals surface area contributed by atoms with E-state index in [-0.39, 0.29) is 5.91 Å². The third-order valence-electron chi connectivity index (χ3n) is 3.38. The second-order valence-corrected chi connectivity index (χ2v) is 7.20. The number of aromatic nitrogens is 2. The van der Waals surface area contributed by atoms with Crippen LogP contribution in [0, 0.1) is 0 Å². The van der Waals surface area contributed by atoms with Crippen molar-refractivity contribution >= 4 is 34.3 Å². The quantitative estimate of drug-likeness (QED) is 0.699. The van der Waals surface area contributed by atoms with Crippen molar-refractivity contribution in [2.24, 2.45) is 0 Å². The Balaban J connectivity index is 1.46. The number of nitrogens with one attached hydrogen (secondary N) is 1. The maximum atomic E-state index is 12.0. The van der Waals surface area contributed by atoms with Crippen molar-refractivity contribution in [3.05, 3.63) is 53.1 Å². The van der Waals surface area contributed by atoms with E-state index in [1.54, 1.807) is 41.1 Å². The van der Waals surface area contributed by atoms with Crippen LogP contribution >= 0.6 is 22.7 Å². The van der Waals surface area contributed by atoms with E-state index in [4.69, 9.17) is 0 Å². The molecule has 0 aromatic carbocycles. The van der Waals surface area contributed by atoms with Gasteiger partial charge in [0.25, 0.3) is 0 Å². The Morgan fingerprint density at radius 3 is 2.96 bits per heavy atom. The van der Waals surface area contributed by atoms with Gasteiger partial charge in [-0.2, -0.15) is 0 Å². The highest BCUT2D eigenvalue weighted by Crippen LogP contribution is 2.28. The molecule has 0 unspecified atom stereocenters. The number of thiazole rings is 1. The Kier molecular flexibility index (Phi) is 5.68. The molecule has 1 N–H and O–H groups in total. The average Bonchev–Trinajstić information content (AvgIpc) is 3.25. The summed E-state index contributed by atoms with van der Waals surface area (Å²) in [6, 6.07) is 7.75. The lowest BCUT2D eigenvalue weighted by Crippen LogP contribution is -2.24. The van der Waals surface area contributed by atoms with E-state index >= 15 is 0 Å². The molecule has 3 heterocycles. The smallest absolute Gasteiger partial charge is 0.225 e. The number of hydrogen-bond donors (Lipinski definition) is 1. The normalized spacial score (nSPS) is 10.9. The number of thiophene rings is 1. The predicted molar refractivity (Wildman–Crippen MR) is 99.2 cm³/mol.